The van der Waals surface area contributed by atoms with E-state index in [1.54, 1.807) is 6.20 Å². The first-order valence-electron chi connectivity index (χ1n) is 5.64. The Morgan fingerprint density at radius 1 is 1.53 bits per heavy atom. The van der Waals surface area contributed by atoms with Crippen molar-refractivity contribution in [2.45, 2.75) is 38.2 Å². The highest BCUT2D eigenvalue weighted by molar-refractivity contribution is 5.94. The average molecular weight is 207 g/mol. The Morgan fingerprint density at radius 3 is 3.13 bits per heavy atom. The van der Waals surface area contributed by atoms with Crippen LogP contribution >= 0.6 is 0 Å². The van der Waals surface area contributed by atoms with Crippen molar-refractivity contribution in [2.24, 2.45) is 0 Å². The fraction of sp³-hybridized carbons (Fsp3) is 0.583. The van der Waals surface area contributed by atoms with Gasteiger partial charge in [0, 0.05) is 19.2 Å². The van der Waals surface area contributed by atoms with Crippen LogP contribution in [-0.4, -0.2) is 23.5 Å². The molecule has 1 aliphatic rings. The monoisotopic (exact) mass is 207 g/mol. The Kier molecular flexibility index (Phi) is 3.56. The molecule has 1 aromatic heterocycles. The van der Waals surface area contributed by atoms with Crippen LogP contribution in [0, 0.1) is 0 Å². The summed E-state index contributed by atoms with van der Waals surface area (Å²) in [5.74, 6) is 0.189. The lowest BCUT2D eigenvalue weighted by Crippen LogP contribution is -2.20. The third kappa shape index (κ3) is 2.93. The topological polar surface area (TPSA) is 42.1 Å². The molecule has 0 amide bonds. The van der Waals surface area contributed by atoms with Crippen LogP contribution in [0.2, 0.25) is 0 Å². The van der Waals surface area contributed by atoms with Gasteiger partial charge in [-0.15, -0.1) is 0 Å². The van der Waals surface area contributed by atoms with Crippen LogP contribution in [0.4, 0.5) is 0 Å². The summed E-state index contributed by atoms with van der Waals surface area (Å²) in [6, 6.07) is 3.68. The van der Waals surface area contributed by atoms with Crippen molar-refractivity contribution in [2.75, 3.05) is 6.61 Å². The summed E-state index contributed by atoms with van der Waals surface area (Å²) < 4.78 is 5.58. The maximum absolute atomic E-state index is 11.7. The van der Waals surface area contributed by atoms with Gasteiger partial charge in [-0.25, -0.2) is 0 Å². The van der Waals surface area contributed by atoms with Crippen molar-refractivity contribution in [3.63, 3.8) is 0 Å². The number of hydrogen-bond acceptors (Lipinski definition) is 2. The number of ether oxygens (including phenoxy) is 1. The summed E-state index contributed by atoms with van der Waals surface area (Å²) in [5, 5.41) is 0. The number of aromatic amines is 1. The Labute approximate surface area is 89.8 Å². The lowest BCUT2D eigenvalue weighted by atomic mass is 10.0. The molecule has 15 heavy (non-hydrogen) atoms. The van der Waals surface area contributed by atoms with Crippen LogP contribution in [0.3, 0.4) is 0 Å². The number of H-pyrrole nitrogens is 1. The van der Waals surface area contributed by atoms with E-state index in [4.69, 9.17) is 4.74 Å². The van der Waals surface area contributed by atoms with Crippen LogP contribution in [0.25, 0.3) is 0 Å². The minimum atomic E-state index is 0.189. The molecule has 0 radical (unpaired) electrons. The molecule has 0 aliphatic carbocycles. The van der Waals surface area contributed by atoms with E-state index in [2.05, 4.69) is 4.98 Å². The maximum Gasteiger partial charge on any atom is 0.179 e. The van der Waals surface area contributed by atoms with Gasteiger partial charge in [0.2, 0.25) is 0 Å². The molecule has 1 aliphatic heterocycles. The number of Topliss-reactive ketones (excluding diaryl/α,β-unsaturated/α-hetero) is 1. The van der Waals surface area contributed by atoms with E-state index in [0.29, 0.717) is 18.2 Å². The fourth-order valence-corrected chi connectivity index (χ4v) is 1.97. The van der Waals surface area contributed by atoms with Crippen LogP contribution in [0.15, 0.2) is 18.3 Å². The molecule has 82 valence electrons. The zero-order chi connectivity index (χ0) is 10.5. The SMILES string of the molecule is O=C(CCC1CCCCO1)c1ccc[nH]1. The lowest BCUT2D eigenvalue weighted by Gasteiger charge is -2.21. The molecule has 1 fully saturated rings. The van der Waals surface area contributed by atoms with E-state index in [0.717, 1.165) is 19.4 Å². The fourth-order valence-electron chi connectivity index (χ4n) is 1.97. The minimum Gasteiger partial charge on any atom is -0.378 e. The van der Waals surface area contributed by atoms with E-state index in [-0.39, 0.29) is 5.78 Å². The number of carbonyl (C=O) groups excluding carboxylic acids is 1. The number of nitrogens with one attached hydrogen (secondary N) is 1. The number of hydrogen-bond donors (Lipinski definition) is 1. The van der Waals surface area contributed by atoms with Gasteiger partial charge in [-0.2, -0.15) is 0 Å². The van der Waals surface area contributed by atoms with Crippen molar-refractivity contribution in [3.05, 3.63) is 24.0 Å². The molecule has 3 heteroatoms. The highest BCUT2D eigenvalue weighted by Crippen LogP contribution is 2.17. The molecule has 0 aromatic carbocycles. The number of aromatic nitrogens is 1. The van der Waals surface area contributed by atoms with Gasteiger partial charge in [-0.05, 0) is 37.8 Å². The second-order valence-electron chi connectivity index (χ2n) is 4.03. The van der Waals surface area contributed by atoms with Gasteiger partial charge in [0.25, 0.3) is 0 Å². The first-order valence-corrected chi connectivity index (χ1v) is 5.64. The van der Waals surface area contributed by atoms with Gasteiger partial charge in [0.15, 0.2) is 5.78 Å². The summed E-state index contributed by atoms with van der Waals surface area (Å²) in [6.45, 7) is 0.862. The lowest BCUT2D eigenvalue weighted by molar-refractivity contribution is 0.0104. The molecule has 1 saturated heterocycles. The average Bonchev–Trinajstić information content (AvgIpc) is 2.81. The molecule has 1 atom stereocenters. The van der Waals surface area contributed by atoms with Crippen LogP contribution < -0.4 is 0 Å². The summed E-state index contributed by atoms with van der Waals surface area (Å²) >= 11 is 0. The second-order valence-corrected chi connectivity index (χ2v) is 4.03. The first kappa shape index (κ1) is 10.4. The van der Waals surface area contributed by atoms with E-state index >= 15 is 0 Å². The van der Waals surface area contributed by atoms with E-state index < -0.39 is 0 Å². The van der Waals surface area contributed by atoms with Crippen molar-refractivity contribution >= 4 is 5.78 Å². The molecule has 0 bridgehead atoms. The van der Waals surface area contributed by atoms with Crippen molar-refractivity contribution in [1.82, 2.24) is 4.98 Å². The summed E-state index contributed by atoms with van der Waals surface area (Å²) in [5.41, 5.74) is 0.714. The summed E-state index contributed by atoms with van der Waals surface area (Å²) in [7, 11) is 0. The molecule has 0 spiro atoms. The van der Waals surface area contributed by atoms with Crippen molar-refractivity contribution < 1.29 is 9.53 Å². The predicted octanol–water partition coefficient (Wildman–Crippen LogP) is 2.55. The Hall–Kier alpha value is -1.09. The molecule has 1 aromatic rings. The van der Waals surface area contributed by atoms with Crippen LogP contribution in [-0.2, 0) is 4.74 Å². The normalized spacial score (nSPS) is 21.5. The van der Waals surface area contributed by atoms with Crippen molar-refractivity contribution in [3.8, 4) is 0 Å². The highest BCUT2D eigenvalue weighted by Gasteiger charge is 2.16. The second kappa shape index (κ2) is 5.12. The number of carbonyl (C=O) groups is 1. The molecule has 1 N–H and O–H groups in total. The quantitative estimate of drug-likeness (QED) is 0.771. The van der Waals surface area contributed by atoms with Gasteiger partial charge >= 0.3 is 0 Å². The highest BCUT2D eigenvalue weighted by atomic mass is 16.5. The summed E-state index contributed by atoms with van der Waals surface area (Å²) in [6.07, 6.45) is 7.05. The third-order valence-electron chi connectivity index (χ3n) is 2.87. The first-order chi connectivity index (χ1) is 7.36. The molecule has 1 unspecified atom stereocenters. The van der Waals surface area contributed by atoms with Crippen LogP contribution in [0.1, 0.15) is 42.6 Å². The van der Waals surface area contributed by atoms with Crippen molar-refractivity contribution in [1.29, 1.82) is 0 Å². The standard InChI is InChI=1S/C12H17NO2/c14-12(11-5-3-8-13-11)7-6-10-4-1-2-9-15-10/h3,5,8,10,13H,1-2,4,6-7,9H2. The van der Waals surface area contributed by atoms with Gasteiger partial charge in [0.05, 0.1) is 11.8 Å². The van der Waals surface area contributed by atoms with Gasteiger partial charge in [-0.1, -0.05) is 0 Å². The third-order valence-corrected chi connectivity index (χ3v) is 2.87. The number of rotatable bonds is 4. The largest absolute Gasteiger partial charge is 0.378 e. The Bertz CT molecular complexity index is 299. The van der Waals surface area contributed by atoms with Gasteiger partial charge in [0.1, 0.15) is 0 Å². The Morgan fingerprint density at radius 2 is 2.47 bits per heavy atom. The Balaban J connectivity index is 1.75. The van der Waals surface area contributed by atoms with Crippen LogP contribution in [0.5, 0.6) is 0 Å². The van der Waals surface area contributed by atoms with Gasteiger partial charge < -0.3 is 9.72 Å². The predicted molar refractivity (Wildman–Crippen MR) is 57.9 cm³/mol. The zero-order valence-corrected chi connectivity index (χ0v) is 8.87. The smallest absolute Gasteiger partial charge is 0.179 e. The molecule has 2 rings (SSSR count). The van der Waals surface area contributed by atoms with E-state index in [9.17, 15) is 4.79 Å². The molecule has 2 heterocycles. The summed E-state index contributed by atoms with van der Waals surface area (Å²) in [4.78, 5) is 14.6. The van der Waals surface area contributed by atoms with Gasteiger partial charge in [-0.3, -0.25) is 4.79 Å². The van der Waals surface area contributed by atoms with E-state index in [1.807, 2.05) is 12.1 Å². The molecular formula is C12H17NO2. The van der Waals surface area contributed by atoms with E-state index in [1.165, 1.54) is 12.8 Å². The molecular weight excluding hydrogens is 190 g/mol. The molecule has 0 saturated carbocycles. The number of ketones is 1. The minimum absolute atomic E-state index is 0.189. The molecule has 3 nitrogen and oxygen atoms in total. The maximum atomic E-state index is 11.7. The zero-order valence-electron chi connectivity index (χ0n) is 8.87.